The molecule has 1 atom stereocenters. The van der Waals surface area contributed by atoms with Gasteiger partial charge in [-0.25, -0.2) is 0 Å². The summed E-state index contributed by atoms with van der Waals surface area (Å²) in [6.07, 6.45) is 0. The molecule has 2 aliphatic rings. The van der Waals surface area contributed by atoms with Gasteiger partial charge in [0.1, 0.15) is 0 Å². The molecule has 2 nitrogen and oxygen atoms in total. The summed E-state index contributed by atoms with van der Waals surface area (Å²) in [5, 5.41) is 4.47. The molecule has 0 amide bonds. The topological polar surface area (TPSA) is 8.17 Å². The van der Waals surface area contributed by atoms with Gasteiger partial charge in [-0.05, 0) is 115 Å². The highest BCUT2D eigenvalue weighted by Gasteiger charge is 2.50. The molecule has 0 bridgehead atoms. The average Bonchev–Trinajstić information content (AvgIpc) is 3.86. The van der Waals surface area contributed by atoms with Gasteiger partial charge >= 0.3 is 0 Å². The zero-order valence-electron chi connectivity index (χ0n) is 37.0. The van der Waals surface area contributed by atoms with Crippen molar-refractivity contribution in [3.05, 3.63) is 253 Å². The molecule has 0 aliphatic heterocycles. The molecule has 284 valence electrons. The Morgan fingerprint density at radius 2 is 1.05 bits per heavy atom. The normalized spacial score (nSPS) is 15.5. The van der Waals surface area contributed by atoms with Crippen LogP contribution in [0, 0.1) is 0 Å². The third-order valence-electron chi connectivity index (χ3n) is 13.1. The van der Waals surface area contributed by atoms with Gasteiger partial charge in [0.2, 0.25) is 0 Å². The Labute approximate surface area is 360 Å². The zero-order chi connectivity index (χ0) is 43.6. The van der Waals surface area contributed by atoms with Gasteiger partial charge in [0.25, 0.3) is 0 Å². The lowest BCUT2D eigenvalue weighted by atomic mass is 9.61. The minimum Gasteiger partial charge on any atom is -0.310 e. The van der Waals surface area contributed by atoms with Crippen LogP contribution >= 0.6 is 0 Å². The second kappa shape index (κ2) is 13.0. The molecule has 0 saturated heterocycles. The second-order valence-corrected chi connectivity index (χ2v) is 16.1. The SMILES string of the molecule is [2H]c1c([2H])c([2H])c2c(c1[2H])-c1ccccc1C21c2cc(N(c3ccc4c(c3)c3ccccc3n4-c3ccccc3)c3ccccc3-c3ccccc3)ccc2-c2cccc3cccc1c23. The minimum atomic E-state index is -1.07. The Morgan fingerprint density at radius 3 is 1.93 bits per heavy atom. The molecule has 0 radical (unpaired) electrons. The van der Waals surface area contributed by atoms with Crippen LogP contribution in [0.4, 0.5) is 17.1 Å². The Bertz CT molecular complexity index is 3780. The standard InChI is InChI=1S/C59H38N2/c1-3-17-39(18-4-1)44-23-9-13-31-55(44)60(42-34-36-57-50(37-42)48-26-10-14-32-56(48)61(57)41-21-5-2-6-22-41)43-33-35-47-49-27-15-19-40-20-16-30-53(58(40)49)59(54(47)38-43)51-28-11-7-24-45(51)46-25-8-12-29-52(46)59/h1-38H/i7D,11D,24D,28D. The summed E-state index contributed by atoms with van der Waals surface area (Å²) in [6.45, 7) is 0. The van der Waals surface area contributed by atoms with Crippen molar-refractivity contribution in [2.75, 3.05) is 4.90 Å². The lowest BCUT2D eigenvalue weighted by Crippen LogP contribution is -2.32. The van der Waals surface area contributed by atoms with E-state index in [4.69, 9.17) is 2.74 Å². The van der Waals surface area contributed by atoms with Gasteiger partial charge in [0.15, 0.2) is 0 Å². The summed E-state index contributed by atoms with van der Waals surface area (Å²) < 4.78 is 39.6. The number of aromatic nitrogens is 1. The maximum atomic E-state index is 9.80. The fourth-order valence-electron chi connectivity index (χ4n) is 10.7. The van der Waals surface area contributed by atoms with Crippen LogP contribution in [-0.2, 0) is 5.41 Å². The number of hydrogen-bond donors (Lipinski definition) is 0. The molecule has 1 unspecified atom stereocenters. The van der Waals surface area contributed by atoms with E-state index in [9.17, 15) is 2.74 Å². The molecule has 1 heterocycles. The molecule has 10 aromatic carbocycles. The molecule has 61 heavy (non-hydrogen) atoms. The Hall–Kier alpha value is -7.94. The first-order valence-electron chi connectivity index (χ1n) is 22.9. The summed E-state index contributed by atoms with van der Waals surface area (Å²) in [6, 6.07) is 72.4. The van der Waals surface area contributed by atoms with E-state index in [1.54, 1.807) is 0 Å². The monoisotopic (exact) mass is 778 g/mol. The van der Waals surface area contributed by atoms with Crippen LogP contribution in [0.25, 0.3) is 71.6 Å². The van der Waals surface area contributed by atoms with Gasteiger partial charge in [-0.3, -0.25) is 0 Å². The fourth-order valence-corrected chi connectivity index (χ4v) is 10.7. The Morgan fingerprint density at radius 1 is 0.410 bits per heavy atom. The lowest BCUT2D eigenvalue weighted by molar-refractivity contribution is 0.773. The number of hydrogen-bond acceptors (Lipinski definition) is 1. The van der Waals surface area contributed by atoms with Gasteiger partial charge in [0.05, 0.1) is 27.6 Å². The van der Waals surface area contributed by atoms with Crippen LogP contribution in [0.3, 0.4) is 0 Å². The zero-order valence-corrected chi connectivity index (χ0v) is 33.0. The summed E-state index contributed by atoms with van der Waals surface area (Å²) in [5.41, 5.74) is 14.4. The van der Waals surface area contributed by atoms with E-state index in [2.05, 4.69) is 191 Å². The number of benzene rings is 10. The van der Waals surface area contributed by atoms with Crippen LogP contribution in [0.1, 0.15) is 27.7 Å². The molecule has 0 fully saturated rings. The van der Waals surface area contributed by atoms with E-state index in [1.165, 1.54) is 0 Å². The maximum Gasteiger partial charge on any atom is 0.0726 e. The van der Waals surface area contributed by atoms with E-state index in [1.807, 2.05) is 24.3 Å². The van der Waals surface area contributed by atoms with E-state index < -0.39 is 5.41 Å². The van der Waals surface area contributed by atoms with E-state index >= 15 is 0 Å². The van der Waals surface area contributed by atoms with E-state index in [0.29, 0.717) is 11.1 Å². The Kier molecular flexibility index (Phi) is 6.44. The second-order valence-electron chi connectivity index (χ2n) is 16.1. The maximum absolute atomic E-state index is 9.80. The molecule has 2 aliphatic carbocycles. The van der Waals surface area contributed by atoms with Crippen molar-refractivity contribution < 1.29 is 5.48 Å². The molecule has 0 saturated carbocycles. The lowest BCUT2D eigenvalue weighted by Gasteiger charge is -2.41. The van der Waals surface area contributed by atoms with Crippen molar-refractivity contribution in [2.24, 2.45) is 0 Å². The number of fused-ring (bicyclic) bond motifs is 12. The van der Waals surface area contributed by atoms with Crippen molar-refractivity contribution in [2.45, 2.75) is 5.41 Å². The first-order chi connectivity index (χ1) is 31.9. The predicted octanol–water partition coefficient (Wildman–Crippen LogP) is 15.4. The summed E-state index contributed by atoms with van der Waals surface area (Å²) in [4.78, 5) is 2.37. The molecule has 2 heteroatoms. The molecule has 0 N–H and O–H groups in total. The van der Waals surface area contributed by atoms with E-state index in [0.717, 1.165) is 99.8 Å². The quantitative estimate of drug-likeness (QED) is 0.169. The van der Waals surface area contributed by atoms with Crippen LogP contribution in [0.5, 0.6) is 0 Å². The number of nitrogens with zero attached hydrogens (tertiary/aromatic N) is 2. The molecule has 13 rings (SSSR count). The van der Waals surface area contributed by atoms with Crippen LogP contribution < -0.4 is 4.90 Å². The average molecular weight is 779 g/mol. The van der Waals surface area contributed by atoms with Crippen LogP contribution in [0.15, 0.2) is 230 Å². The third kappa shape index (κ3) is 4.73. The van der Waals surface area contributed by atoms with Crippen LogP contribution in [0.2, 0.25) is 0 Å². The number of rotatable bonds is 5. The minimum absolute atomic E-state index is 0.0172. The van der Waals surface area contributed by atoms with Gasteiger partial charge in [-0.15, -0.1) is 0 Å². The smallest absolute Gasteiger partial charge is 0.0726 e. The molecule has 11 aromatic rings. The first kappa shape index (κ1) is 30.2. The molecular formula is C59H38N2. The van der Waals surface area contributed by atoms with Gasteiger partial charge in [-0.1, -0.05) is 176 Å². The highest BCUT2D eigenvalue weighted by molar-refractivity contribution is 6.11. The van der Waals surface area contributed by atoms with Crippen molar-refractivity contribution in [1.82, 2.24) is 4.57 Å². The van der Waals surface area contributed by atoms with Crippen molar-refractivity contribution in [3.8, 4) is 39.1 Å². The van der Waals surface area contributed by atoms with Crippen molar-refractivity contribution >= 4 is 49.6 Å². The molecular weight excluding hydrogens is 737 g/mol. The number of anilines is 3. The van der Waals surface area contributed by atoms with Gasteiger partial charge < -0.3 is 9.47 Å². The fraction of sp³-hybridized carbons (Fsp3) is 0.0169. The summed E-state index contributed by atoms with van der Waals surface area (Å²) in [5.74, 6) is 0. The van der Waals surface area contributed by atoms with Crippen LogP contribution in [-0.4, -0.2) is 4.57 Å². The Balaban J connectivity index is 1.15. The van der Waals surface area contributed by atoms with Gasteiger partial charge in [-0.2, -0.15) is 0 Å². The third-order valence-corrected chi connectivity index (χ3v) is 13.1. The highest BCUT2D eigenvalue weighted by Crippen LogP contribution is 2.62. The van der Waals surface area contributed by atoms with Gasteiger partial charge in [0, 0.05) is 33.4 Å². The van der Waals surface area contributed by atoms with E-state index in [-0.39, 0.29) is 24.2 Å². The molecule has 1 aromatic heterocycles. The summed E-state index contributed by atoms with van der Waals surface area (Å²) in [7, 11) is 0. The molecule has 1 spiro atoms. The highest BCUT2D eigenvalue weighted by atomic mass is 15.1. The first-order valence-corrected chi connectivity index (χ1v) is 20.9. The van der Waals surface area contributed by atoms with Crippen molar-refractivity contribution in [3.63, 3.8) is 0 Å². The largest absolute Gasteiger partial charge is 0.310 e. The van der Waals surface area contributed by atoms with Crippen molar-refractivity contribution in [1.29, 1.82) is 0 Å². The summed E-state index contributed by atoms with van der Waals surface area (Å²) >= 11 is 0. The predicted molar refractivity (Wildman–Crippen MR) is 255 cm³/mol. The number of para-hydroxylation sites is 3.